The van der Waals surface area contributed by atoms with Gasteiger partial charge in [-0.25, -0.2) is 18.1 Å². The Hall–Kier alpha value is -1.70. The summed E-state index contributed by atoms with van der Waals surface area (Å²) in [6.07, 6.45) is 3.97. The number of nitrogens with one attached hydrogen (secondary N) is 3. The van der Waals surface area contributed by atoms with Crippen molar-refractivity contribution >= 4 is 10.0 Å². The molecule has 20 heavy (non-hydrogen) atoms. The molecule has 3 N–H and O–H groups in total. The number of aromatic nitrogens is 2. The highest BCUT2D eigenvalue weighted by atomic mass is 32.2. The average molecular weight is 294 g/mol. The molecule has 0 aliphatic carbocycles. The predicted molar refractivity (Wildman–Crippen MR) is 76.7 cm³/mol. The van der Waals surface area contributed by atoms with Crippen LogP contribution in [0.3, 0.4) is 0 Å². The lowest BCUT2D eigenvalue weighted by Gasteiger charge is -2.07. The van der Waals surface area contributed by atoms with Crippen LogP contribution in [-0.4, -0.2) is 32.0 Å². The molecule has 0 saturated carbocycles. The van der Waals surface area contributed by atoms with Crippen molar-refractivity contribution in [3.63, 3.8) is 0 Å². The number of hydrogen-bond donors (Lipinski definition) is 3. The van der Waals surface area contributed by atoms with Crippen molar-refractivity contribution in [2.24, 2.45) is 0 Å². The number of rotatable bonds is 7. The molecule has 2 rings (SSSR count). The number of aromatic amines is 1. The van der Waals surface area contributed by atoms with Crippen molar-refractivity contribution in [2.75, 3.05) is 13.6 Å². The number of likely N-dealkylation sites (N-methyl/N-ethyl adjacent to an activating group) is 1. The van der Waals surface area contributed by atoms with E-state index in [1.807, 2.05) is 19.2 Å². The Morgan fingerprint density at radius 1 is 1.25 bits per heavy atom. The number of H-pyrrole nitrogens is 1. The van der Waals surface area contributed by atoms with Gasteiger partial charge in [-0.3, -0.25) is 0 Å². The summed E-state index contributed by atoms with van der Waals surface area (Å²) in [4.78, 5) is 6.96. The zero-order valence-electron chi connectivity index (χ0n) is 11.3. The van der Waals surface area contributed by atoms with E-state index >= 15 is 0 Å². The van der Waals surface area contributed by atoms with Gasteiger partial charge in [-0.2, -0.15) is 0 Å². The highest BCUT2D eigenvalue weighted by Crippen LogP contribution is 2.11. The van der Waals surface area contributed by atoms with Gasteiger partial charge in [-0.1, -0.05) is 12.1 Å². The first-order valence-corrected chi connectivity index (χ1v) is 7.80. The third kappa shape index (κ3) is 3.89. The molecule has 2 aromatic rings. The van der Waals surface area contributed by atoms with Crippen LogP contribution in [0.5, 0.6) is 0 Å². The highest BCUT2D eigenvalue weighted by Gasteiger charge is 2.13. The van der Waals surface area contributed by atoms with Gasteiger partial charge in [0.05, 0.1) is 17.8 Å². The summed E-state index contributed by atoms with van der Waals surface area (Å²) in [6, 6.07) is 6.92. The van der Waals surface area contributed by atoms with E-state index in [1.54, 1.807) is 18.3 Å². The Balaban J connectivity index is 2.01. The molecule has 0 saturated heterocycles. The molecule has 0 atom stereocenters. The minimum atomic E-state index is -3.49. The summed E-state index contributed by atoms with van der Waals surface area (Å²) in [5.74, 6) is 0. The molecule has 108 valence electrons. The molecule has 0 amide bonds. The summed E-state index contributed by atoms with van der Waals surface area (Å²) in [7, 11) is -1.60. The first kappa shape index (κ1) is 14.7. The third-order valence-corrected chi connectivity index (χ3v) is 4.32. The molecule has 0 fully saturated rings. The van der Waals surface area contributed by atoms with Crippen LogP contribution >= 0.6 is 0 Å². The van der Waals surface area contributed by atoms with Gasteiger partial charge in [0, 0.05) is 11.9 Å². The quantitative estimate of drug-likeness (QED) is 0.700. The van der Waals surface area contributed by atoms with Crippen molar-refractivity contribution in [2.45, 2.75) is 17.9 Å². The molecule has 6 nitrogen and oxygen atoms in total. The lowest BCUT2D eigenvalue weighted by Crippen LogP contribution is -2.23. The Morgan fingerprint density at radius 3 is 2.60 bits per heavy atom. The van der Waals surface area contributed by atoms with Gasteiger partial charge in [0.15, 0.2) is 0 Å². The van der Waals surface area contributed by atoms with Crippen LogP contribution in [-0.2, 0) is 23.0 Å². The Bertz CT molecular complexity index is 621. The van der Waals surface area contributed by atoms with Gasteiger partial charge in [-0.05, 0) is 37.7 Å². The Kier molecular flexibility index (Phi) is 4.89. The number of imidazole rings is 1. The van der Waals surface area contributed by atoms with Crippen LogP contribution in [0.1, 0.15) is 11.3 Å². The number of hydrogen-bond acceptors (Lipinski definition) is 4. The van der Waals surface area contributed by atoms with Crippen LogP contribution < -0.4 is 10.0 Å². The van der Waals surface area contributed by atoms with E-state index in [2.05, 4.69) is 20.0 Å². The fourth-order valence-corrected chi connectivity index (χ4v) is 2.75. The van der Waals surface area contributed by atoms with Crippen LogP contribution in [0.4, 0.5) is 0 Å². The van der Waals surface area contributed by atoms with Crippen LogP contribution in [0.25, 0.3) is 0 Å². The van der Waals surface area contributed by atoms with E-state index in [0.717, 1.165) is 24.2 Å². The molecule has 1 heterocycles. The van der Waals surface area contributed by atoms with E-state index in [9.17, 15) is 8.42 Å². The van der Waals surface area contributed by atoms with Gasteiger partial charge >= 0.3 is 0 Å². The summed E-state index contributed by atoms with van der Waals surface area (Å²) < 4.78 is 26.7. The van der Waals surface area contributed by atoms with Gasteiger partial charge < -0.3 is 10.3 Å². The second kappa shape index (κ2) is 6.65. The minimum Gasteiger partial charge on any atom is -0.347 e. The van der Waals surface area contributed by atoms with Crippen molar-refractivity contribution in [3.8, 4) is 0 Å². The zero-order chi connectivity index (χ0) is 14.4. The molecule has 0 spiro atoms. The summed E-state index contributed by atoms with van der Waals surface area (Å²) in [5.41, 5.74) is 1.83. The maximum absolute atomic E-state index is 12.1. The van der Waals surface area contributed by atoms with Crippen LogP contribution in [0, 0.1) is 0 Å². The maximum atomic E-state index is 12.1. The number of benzene rings is 1. The molecule has 1 aromatic heterocycles. The average Bonchev–Trinajstić information content (AvgIpc) is 2.97. The monoisotopic (exact) mass is 294 g/mol. The predicted octanol–water partition coefficient (Wildman–Crippen LogP) is 0.650. The molecule has 0 radical (unpaired) electrons. The largest absolute Gasteiger partial charge is 0.347 e. The van der Waals surface area contributed by atoms with E-state index in [1.165, 1.54) is 6.33 Å². The smallest absolute Gasteiger partial charge is 0.240 e. The third-order valence-electron chi connectivity index (χ3n) is 2.90. The standard InChI is InChI=1S/C13H18N4O2S/c1-14-7-6-11-2-4-13(5-3-11)20(18,19)17-9-12-8-15-10-16-12/h2-5,8,10,14,17H,6-7,9H2,1H3,(H,15,16). The van der Waals surface area contributed by atoms with E-state index in [-0.39, 0.29) is 11.4 Å². The van der Waals surface area contributed by atoms with Gasteiger partial charge in [0.25, 0.3) is 0 Å². The van der Waals surface area contributed by atoms with Crippen molar-refractivity contribution in [1.29, 1.82) is 0 Å². The van der Waals surface area contributed by atoms with Crippen molar-refractivity contribution in [1.82, 2.24) is 20.0 Å². The molecular weight excluding hydrogens is 276 g/mol. The Morgan fingerprint density at radius 2 is 2.00 bits per heavy atom. The maximum Gasteiger partial charge on any atom is 0.240 e. The van der Waals surface area contributed by atoms with Gasteiger partial charge in [0.1, 0.15) is 0 Å². The van der Waals surface area contributed by atoms with E-state index in [4.69, 9.17) is 0 Å². The minimum absolute atomic E-state index is 0.198. The summed E-state index contributed by atoms with van der Waals surface area (Å²) >= 11 is 0. The van der Waals surface area contributed by atoms with Crippen LogP contribution in [0.15, 0.2) is 41.7 Å². The second-order valence-corrected chi connectivity index (χ2v) is 6.17. The molecule has 0 bridgehead atoms. The van der Waals surface area contributed by atoms with Crippen LogP contribution in [0.2, 0.25) is 0 Å². The van der Waals surface area contributed by atoms with Crippen molar-refractivity contribution < 1.29 is 8.42 Å². The number of nitrogens with zero attached hydrogens (tertiary/aromatic N) is 1. The fourth-order valence-electron chi connectivity index (χ4n) is 1.74. The zero-order valence-corrected chi connectivity index (χ0v) is 12.1. The highest BCUT2D eigenvalue weighted by molar-refractivity contribution is 7.89. The SMILES string of the molecule is CNCCc1ccc(S(=O)(=O)NCc2cnc[nH]2)cc1. The molecular formula is C13H18N4O2S. The van der Waals surface area contributed by atoms with Gasteiger partial charge in [-0.15, -0.1) is 0 Å². The molecule has 7 heteroatoms. The topological polar surface area (TPSA) is 86.9 Å². The first-order chi connectivity index (χ1) is 9.62. The Labute approximate surface area is 118 Å². The lowest BCUT2D eigenvalue weighted by atomic mass is 10.1. The molecule has 0 aliphatic heterocycles. The molecule has 0 aliphatic rings. The normalized spacial score (nSPS) is 11.7. The first-order valence-electron chi connectivity index (χ1n) is 6.32. The molecule has 1 aromatic carbocycles. The second-order valence-electron chi connectivity index (χ2n) is 4.40. The van der Waals surface area contributed by atoms with Gasteiger partial charge in [0.2, 0.25) is 10.0 Å². The lowest BCUT2D eigenvalue weighted by molar-refractivity contribution is 0.580. The number of sulfonamides is 1. The van der Waals surface area contributed by atoms with E-state index < -0.39 is 10.0 Å². The summed E-state index contributed by atoms with van der Waals surface area (Å²) in [6.45, 7) is 1.06. The molecule has 0 unspecified atom stereocenters. The summed E-state index contributed by atoms with van der Waals surface area (Å²) in [5, 5.41) is 3.06. The van der Waals surface area contributed by atoms with Crippen molar-refractivity contribution in [3.05, 3.63) is 48.0 Å². The van der Waals surface area contributed by atoms with E-state index in [0.29, 0.717) is 0 Å². The fraction of sp³-hybridized carbons (Fsp3) is 0.308.